The number of nitrogens with one attached hydrogen (secondary N) is 1. The van der Waals surface area contributed by atoms with Crippen LogP contribution in [0.25, 0.3) is 26.0 Å². The van der Waals surface area contributed by atoms with Crippen LogP contribution in [0.15, 0.2) is 30.6 Å². The molecule has 1 aliphatic heterocycles. The van der Waals surface area contributed by atoms with Crippen LogP contribution < -0.4 is 15.8 Å². The van der Waals surface area contributed by atoms with E-state index >= 15 is 0 Å². The van der Waals surface area contributed by atoms with Crippen molar-refractivity contribution in [3.63, 3.8) is 0 Å². The first-order valence-corrected chi connectivity index (χ1v) is 12.4. The van der Waals surface area contributed by atoms with Crippen molar-refractivity contribution in [2.24, 2.45) is 0 Å². The van der Waals surface area contributed by atoms with Crippen molar-refractivity contribution in [2.75, 3.05) is 25.9 Å². The maximum atomic E-state index is 6.35. The van der Waals surface area contributed by atoms with Gasteiger partial charge >= 0.3 is 0 Å². The number of aromatic nitrogens is 3. The first-order valence-electron chi connectivity index (χ1n) is 11.6. The van der Waals surface area contributed by atoms with E-state index in [-0.39, 0.29) is 0 Å². The molecule has 0 amide bonds. The van der Waals surface area contributed by atoms with Gasteiger partial charge < -0.3 is 20.7 Å². The van der Waals surface area contributed by atoms with Gasteiger partial charge in [-0.25, -0.2) is 9.50 Å². The first kappa shape index (κ1) is 22.1. The zero-order valence-electron chi connectivity index (χ0n) is 19.8. The van der Waals surface area contributed by atoms with Crippen LogP contribution in [-0.4, -0.2) is 51.8 Å². The first-order chi connectivity index (χ1) is 15.9. The average molecular weight is 465 g/mol. The second kappa shape index (κ2) is 8.93. The predicted molar refractivity (Wildman–Crippen MR) is 136 cm³/mol. The molecule has 0 bridgehead atoms. The van der Waals surface area contributed by atoms with Gasteiger partial charge in [0.05, 0.1) is 17.5 Å². The molecule has 3 N–H and O–H groups in total. The Kier molecular flexibility index (Phi) is 5.99. The number of hydrogen-bond donors (Lipinski definition) is 2. The lowest BCUT2D eigenvalue weighted by Crippen LogP contribution is -2.44. The minimum atomic E-state index is 0.497. The molecule has 0 spiro atoms. The largest absolute Gasteiger partial charge is 0.495 e. The highest BCUT2D eigenvalue weighted by molar-refractivity contribution is 7.22. The number of nitrogen functional groups attached to an aromatic ring is 1. The molecule has 8 heteroatoms. The Morgan fingerprint density at radius 3 is 2.73 bits per heavy atom. The topological polar surface area (TPSA) is 80.7 Å². The summed E-state index contributed by atoms with van der Waals surface area (Å²) in [7, 11) is 1.72. The molecule has 5 rings (SSSR count). The number of anilines is 1. The molecule has 0 aliphatic carbocycles. The van der Waals surface area contributed by atoms with Gasteiger partial charge in [0.2, 0.25) is 0 Å². The fourth-order valence-electron chi connectivity index (χ4n) is 4.86. The fourth-order valence-corrected chi connectivity index (χ4v) is 6.01. The second-order valence-electron chi connectivity index (χ2n) is 9.24. The van der Waals surface area contributed by atoms with Gasteiger partial charge in [-0.3, -0.25) is 0 Å². The number of benzene rings is 1. The van der Waals surface area contributed by atoms with Gasteiger partial charge in [0, 0.05) is 29.1 Å². The lowest BCUT2D eigenvalue weighted by atomic mass is 10.0. The Labute approximate surface area is 198 Å². The maximum absolute atomic E-state index is 6.35. The number of piperidine rings is 1. The Balaban J connectivity index is 1.47. The number of rotatable bonds is 6. The van der Waals surface area contributed by atoms with E-state index in [9.17, 15) is 0 Å². The highest BCUT2D eigenvalue weighted by atomic mass is 32.1. The Bertz CT molecular complexity index is 1290. The third-order valence-corrected chi connectivity index (χ3v) is 7.90. The summed E-state index contributed by atoms with van der Waals surface area (Å²) in [6.45, 7) is 9.68. The molecular weight excluding hydrogens is 432 g/mol. The number of thiophene rings is 1. The molecule has 1 aromatic carbocycles. The van der Waals surface area contributed by atoms with Crippen LogP contribution in [0.5, 0.6) is 5.75 Å². The summed E-state index contributed by atoms with van der Waals surface area (Å²) in [6, 6.07) is 9.84. The molecule has 7 nitrogen and oxygen atoms in total. The molecule has 4 aromatic rings. The summed E-state index contributed by atoms with van der Waals surface area (Å²) < 4.78 is 8.73. The third kappa shape index (κ3) is 4.18. The van der Waals surface area contributed by atoms with Gasteiger partial charge in [-0.1, -0.05) is 6.07 Å². The summed E-state index contributed by atoms with van der Waals surface area (Å²) in [5.74, 6) is 1.40. The van der Waals surface area contributed by atoms with E-state index in [1.807, 2.05) is 4.52 Å². The van der Waals surface area contributed by atoms with Crippen molar-refractivity contribution in [1.82, 2.24) is 24.8 Å². The number of aryl methyl sites for hydroxylation is 1. The van der Waals surface area contributed by atoms with E-state index in [4.69, 9.17) is 10.5 Å². The van der Waals surface area contributed by atoms with Crippen molar-refractivity contribution < 1.29 is 4.74 Å². The smallest absolute Gasteiger partial charge is 0.152 e. The van der Waals surface area contributed by atoms with Crippen LogP contribution in [0.2, 0.25) is 0 Å². The Hall–Kier alpha value is -2.68. The molecule has 1 fully saturated rings. The monoisotopic (exact) mass is 464 g/mol. The van der Waals surface area contributed by atoms with Gasteiger partial charge in [-0.2, -0.15) is 5.10 Å². The van der Waals surface area contributed by atoms with Gasteiger partial charge in [0.15, 0.2) is 5.82 Å². The quantitative estimate of drug-likeness (QED) is 0.438. The minimum Gasteiger partial charge on any atom is -0.495 e. The minimum absolute atomic E-state index is 0.497. The molecule has 4 heterocycles. The maximum Gasteiger partial charge on any atom is 0.152 e. The van der Waals surface area contributed by atoms with Crippen molar-refractivity contribution in [1.29, 1.82) is 0 Å². The number of hydrogen-bond acceptors (Lipinski definition) is 7. The molecule has 0 atom stereocenters. The SMILES string of the molecule is COc1cc(C)cc2cc(-c3cc(CNC4CCN(C(C)C)CC4)n4ncnc(N)c34)sc12. The lowest BCUT2D eigenvalue weighted by molar-refractivity contribution is 0.160. The summed E-state index contributed by atoms with van der Waals surface area (Å²) in [5.41, 5.74) is 10.6. The number of ether oxygens (including phenoxy) is 1. The molecule has 0 radical (unpaired) electrons. The van der Waals surface area contributed by atoms with E-state index in [0.29, 0.717) is 17.9 Å². The molecule has 0 saturated carbocycles. The van der Waals surface area contributed by atoms with Gasteiger partial charge in [-0.05, 0) is 75.9 Å². The predicted octanol–water partition coefficient (Wildman–Crippen LogP) is 4.47. The Morgan fingerprint density at radius 1 is 1.21 bits per heavy atom. The zero-order chi connectivity index (χ0) is 23.1. The number of fused-ring (bicyclic) bond motifs is 2. The van der Waals surface area contributed by atoms with E-state index < -0.39 is 0 Å². The van der Waals surface area contributed by atoms with E-state index in [0.717, 1.165) is 51.7 Å². The lowest BCUT2D eigenvalue weighted by Gasteiger charge is -2.34. The zero-order valence-corrected chi connectivity index (χ0v) is 20.6. The fraction of sp³-hybridized carbons (Fsp3) is 0.440. The molecule has 1 aliphatic rings. The molecule has 3 aromatic heterocycles. The van der Waals surface area contributed by atoms with Crippen molar-refractivity contribution in [2.45, 2.75) is 52.2 Å². The van der Waals surface area contributed by atoms with Crippen LogP contribution in [0.3, 0.4) is 0 Å². The van der Waals surface area contributed by atoms with Gasteiger partial charge in [0.1, 0.15) is 17.6 Å². The van der Waals surface area contributed by atoms with E-state index in [1.165, 1.54) is 30.1 Å². The van der Waals surface area contributed by atoms with Gasteiger partial charge in [-0.15, -0.1) is 11.3 Å². The summed E-state index contributed by atoms with van der Waals surface area (Å²) in [6.07, 6.45) is 3.87. The van der Waals surface area contributed by atoms with Crippen molar-refractivity contribution in [3.05, 3.63) is 41.9 Å². The summed E-state index contributed by atoms with van der Waals surface area (Å²) in [4.78, 5) is 7.98. The van der Waals surface area contributed by atoms with Crippen LogP contribution in [-0.2, 0) is 6.54 Å². The molecule has 33 heavy (non-hydrogen) atoms. The van der Waals surface area contributed by atoms with Crippen molar-refractivity contribution >= 4 is 32.8 Å². The van der Waals surface area contributed by atoms with Crippen LogP contribution in [0.4, 0.5) is 5.82 Å². The van der Waals surface area contributed by atoms with Crippen LogP contribution in [0, 0.1) is 6.92 Å². The highest BCUT2D eigenvalue weighted by Gasteiger charge is 2.22. The molecule has 0 unspecified atom stereocenters. The van der Waals surface area contributed by atoms with Crippen molar-refractivity contribution in [3.8, 4) is 16.2 Å². The highest BCUT2D eigenvalue weighted by Crippen LogP contribution is 2.42. The summed E-state index contributed by atoms with van der Waals surface area (Å²) >= 11 is 1.72. The summed E-state index contributed by atoms with van der Waals surface area (Å²) in [5, 5.41) is 9.49. The second-order valence-corrected chi connectivity index (χ2v) is 10.3. The van der Waals surface area contributed by atoms with Crippen LogP contribution in [0.1, 0.15) is 37.9 Å². The molecule has 174 valence electrons. The van der Waals surface area contributed by atoms with Gasteiger partial charge in [0.25, 0.3) is 0 Å². The van der Waals surface area contributed by atoms with Crippen LogP contribution >= 0.6 is 11.3 Å². The molecule has 1 saturated heterocycles. The van der Waals surface area contributed by atoms with E-state index in [2.05, 4.69) is 65.3 Å². The van der Waals surface area contributed by atoms with E-state index in [1.54, 1.807) is 18.4 Å². The number of likely N-dealkylation sites (tertiary alicyclic amines) is 1. The number of methoxy groups -OCH3 is 1. The number of nitrogens with two attached hydrogens (primary N) is 1. The normalized spacial score (nSPS) is 15.8. The third-order valence-electron chi connectivity index (χ3n) is 6.70. The standard InChI is InChI=1S/C25H32N6OS/c1-15(2)30-7-5-18(6-8-30)27-13-19-12-20(23-25(26)28-14-29-31(19)23)22-11-17-9-16(3)10-21(32-4)24(17)33-22/h9-12,14-15,18,27H,5-8,13H2,1-4H3,(H2,26,28,29). The average Bonchev–Trinajstić information content (AvgIpc) is 3.39. The molecular formula is C25H32N6OS. The Morgan fingerprint density at radius 2 is 2.00 bits per heavy atom. The number of nitrogens with zero attached hydrogens (tertiary/aromatic N) is 4.